The van der Waals surface area contributed by atoms with E-state index in [1.54, 1.807) is 0 Å². The standard InChI is InChI=1S/C34H23NO/c1-2-11-24(12-3-1)26-17-10-22-32-33(26)29-19-9-21-31(34(29)36-32)35-30-20-7-6-16-28(30)27-18-8-14-23-13-4-5-15-25(23)27/h1-22,35H. The summed E-state index contributed by atoms with van der Waals surface area (Å²) < 4.78 is 6.47. The predicted molar refractivity (Wildman–Crippen MR) is 152 cm³/mol. The maximum absolute atomic E-state index is 6.47. The Hall–Kier alpha value is -4.82. The van der Waals surface area contributed by atoms with Crippen LogP contribution in [-0.2, 0) is 0 Å². The van der Waals surface area contributed by atoms with E-state index in [1.807, 2.05) is 6.07 Å². The van der Waals surface area contributed by atoms with Crippen molar-refractivity contribution in [1.82, 2.24) is 0 Å². The summed E-state index contributed by atoms with van der Waals surface area (Å²) in [7, 11) is 0. The van der Waals surface area contributed by atoms with Crippen molar-refractivity contribution in [2.45, 2.75) is 0 Å². The molecule has 0 aliphatic heterocycles. The van der Waals surface area contributed by atoms with Gasteiger partial charge in [0, 0.05) is 22.0 Å². The third-order valence-corrected chi connectivity index (χ3v) is 6.88. The van der Waals surface area contributed by atoms with Gasteiger partial charge < -0.3 is 9.73 Å². The van der Waals surface area contributed by atoms with Crippen molar-refractivity contribution in [1.29, 1.82) is 0 Å². The fraction of sp³-hybridized carbons (Fsp3) is 0. The molecule has 7 rings (SSSR count). The normalized spacial score (nSPS) is 11.3. The Balaban J connectivity index is 1.39. The van der Waals surface area contributed by atoms with Gasteiger partial charge in [-0.3, -0.25) is 0 Å². The average molecular weight is 462 g/mol. The van der Waals surface area contributed by atoms with Crippen LogP contribution in [0.1, 0.15) is 0 Å². The molecule has 0 bridgehead atoms. The van der Waals surface area contributed by atoms with Crippen LogP contribution >= 0.6 is 0 Å². The molecule has 0 unspecified atom stereocenters. The van der Waals surface area contributed by atoms with Crippen LogP contribution in [0.3, 0.4) is 0 Å². The predicted octanol–water partition coefficient (Wildman–Crippen LogP) is 9.82. The Bertz CT molecular complexity index is 1860. The van der Waals surface area contributed by atoms with Crippen LogP contribution in [0.5, 0.6) is 0 Å². The van der Waals surface area contributed by atoms with Crippen LogP contribution in [0.15, 0.2) is 138 Å². The summed E-state index contributed by atoms with van der Waals surface area (Å²) in [5, 5.41) is 8.43. The highest BCUT2D eigenvalue weighted by Gasteiger charge is 2.16. The average Bonchev–Trinajstić information content (AvgIpc) is 3.34. The Labute approximate surface area is 209 Å². The SMILES string of the molecule is c1ccc(-c2cccc3oc4c(Nc5ccccc5-c5cccc6ccccc56)cccc4c23)cc1. The largest absolute Gasteiger partial charge is 0.454 e. The molecule has 0 saturated heterocycles. The van der Waals surface area contributed by atoms with E-state index in [1.165, 1.54) is 27.5 Å². The van der Waals surface area contributed by atoms with Crippen LogP contribution in [0, 0.1) is 0 Å². The van der Waals surface area contributed by atoms with Crippen molar-refractivity contribution >= 4 is 44.1 Å². The minimum atomic E-state index is 0.864. The highest BCUT2D eigenvalue weighted by atomic mass is 16.3. The lowest BCUT2D eigenvalue weighted by molar-refractivity contribution is 0.670. The van der Waals surface area contributed by atoms with Gasteiger partial charge in [0.1, 0.15) is 5.58 Å². The van der Waals surface area contributed by atoms with Crippen molar-refractivity contribution in [2.24, 2.45) is 0 Å². The maximum Gasteiger partial charge on any atom is 0.158 e. The zero-order valence-corrected chi connectivity index (χ0v) is 19.6. The topological polar surface area (TPSA) is 25.2 Å². The number of hydrogen-bond acceptors (Lipinski definition) is 2. The third-order valence-electron chi connectivity index (χ3n) is 6.88. The number of benzene rings is 6. The number of nitrogens with one attached hydrogen (secondary N) is 1. The van der Waals surface area contributed by atoms with Crippen molar-refractivity contribution < 1.29 is 4.42 Å². The molecular formula is C34H23NO. The zero-order valence-electron chi connectivity index (χ0n) is 19.6. The first-order valence-corrected chi connectivity index (χ1v) is 12.2. The smallest absolute Gasteiger partial charge is 0.158 e. The molecule has 1 heterocycles. The lowest BCUT2D eigenvalue weighted by atomic mass is 9.97. The molecule has 0 radical (unpaired) electrons. The van der Waals surface area contributed by atoms with Crippen molar-refractivity contribution in [3.63, 3.8) is 0 Å². The van der Waals surface area contributed by atoms with Gasteiger partial charge in [-0.15, -0.1) is 0 Å². The summed E-state index contributed by atoms with van der Waals surface area (Å²) >= 11 is 0. The lowest BCUT2D eigenvalue weighted by Gasteiger charge is -2.14. The van der Waals surface area contributed by atoms with Gasteiger partial charge in [-0.05, 0) is 45.7 Å². The Morgan fingerprint density at radius 2 is 1.08 bits per heavy atom. The molecule has 0 aliphatic rings. The Kier molecular flexibility index (Phi) is 4.82. The monoisotopic (exact) mass is 461 g/mol. The van der Waals surface area contributed by atoms with Crippen LogP contribution in [0.2, 0.25) is 0 Å². The third kappa shape index (κ3) is 3.35. The zero-order chi connectivity index (χ0) is 23.9. The van der Waals surface area contributed by atoms with E-state index in [-0.39, 0.29) is 0 Å². The molecule has 0 amide bonds. The Morgan fingerprint density at radius 1 is 0.444 bits per heavy atom. The van der Waals surface area contributed by atoms with Gasteiger partial charge in [0.2, 0.25) is 0 Å². The molecule has 1 N–H and O–H groups in total. The van der Waals surface area contributed by atoms with Gasteiger partial charge in [-0.25, -0.2) is 0 Å². The molecular weight excluding hydrogens is 438 g/mol. The molecule has 170 valence electrons. The van der Waals surface area contributed by atoms with E-state index in [0.717, 1.165) is 38.9 Å². The van der Waals surface area contributed by atoms with Gasteiger partial charge in [0.15, 0.2) is 5.58 Å². The van der Waals surface area contributed by atoms with Gasteiger partial charge in [-0.1, -0.05) is 115 Å². The molecule has 1 aromatic heterocycles. The fourth-order valence-corrected chi connectivity index (χ4v) is 5.24. The summed E-state index contributed by atoms with van der Waals surface area (Å²) in [6.45, 7) is 0. The molecule has 36 heavy (non-hydrogen) atoms. The molecule has 2 heteroatoms. The van der Waals surface area contributed by atoms with E-state index in [2.05, 4.69) is 133 Å². The number of anilines is 2. The van der Waals surface area contributed by atoms with Gasteiger partial charge in [-0.2, -0.15) is 0 Å². The number of furan rings is 1. The number of para-hydroxylation sites is 2. The summed E-state index contributed by atoms with van der Waals surface area (Å²) in [4.78, 5) is 0. The van der Waals surface area contributed by atoms with E-state index < -0.39 is 0 Å². The maximum atomic E-state index is 6.47. The highest BCUT2D eigenvalue weighted by Crippen LogP contribution is 2.41. The van der Waals surface area contributed by atoms with Crippen LogP contribution in [0.4, 0.5) is 11.4 Å². The van der Waals surface area contributed by atoms with E-state index in [4.69, 9.17) is 4.42 Å². The number of rotatable bonds is 4. The molecule has 0 fully saturated rings. The van der Waals surface area contributed by atoms with E-state index in [0.29, 0.717) is 0 Å². The summed E-state index contributed by atoms with van der Waals surface area (Å²) in [5.74, 6) is 0. The molecule has 6 aromatic carbocycles. The minimum absolute atomic E-state index is 0.864. The first-order valence-electron chi connectivity index (χ1n) is 12.2. The van der Waals surface area contributed by atoms with Gasteiger partial charge in [0.25, 0.3) is 0 Å². The van der Waals surface area contributed by atoms with E-state index >= 15 is 0 Å². The first kappa shape index (κ1) is 20.5. The second-order valence-corrected chi connectivity index (χ2v) is 9.03. The molecule has 0 spiro atoms. The van der Waals surface area contributed by atoms with Gasteiger partial charge in [0.05, 0.1) is 5.69 Å². The van der Waals surface area contributed by atoms with E-state index in [9.17, 15) is 0 Å². The van der Waals surface area contributed by atoms with Crippen LogP contribution in [0.25, 0.3) is 55.0 Å². The second kappa shape index (κ2) is 8.44. The van der Waals surface area contributed by atoms with Crippen molar-refractivity contribution in [3.8, 4) is 22.3 Å². The molecule has 7 aromatic rings. The molecule has 0 saturated carbocycles. The minimum Gasteiger partial charge on any atom is -0.454 e. The van der Waals surface area contributed by atoms with Crippen LogP contribution in [-0.4, -0.2) is 0 Å². The number of hydrogen-bond donors (Lipinski definition) is 1. The summed E-state index contributed by atoms with van der Waals surface area (Å²) in [6.07, 6.45) is 0. The second-order valence-electron chi connectivity index (χ2n) is 9.03. The fourth-order valence-electron chi connectivity index (χ4n) is 5.24. The summed E-state index contributed by atoms with van der Waals surface area (Å²) in [5.41, 5.74) is 8.49. The molecule has 0 atom stereocenters. The van der Waals surface area contributed by atoms with Crippen molar-refractivity contribution in [3.05, 3.63) is 133 Å². The highest BCUT2D eigenvalue weighted by molar-refractivity contribution is 6.15. The molecule has 2 nitrogen and oxygen atoms in total. The summed E-state index contributed by atoms with van der Waals surface area (Å²) in [6, 6.07) is 46.6. The van der Waals surface area contributed by atoms with Crippen molar-refractivity contribution in [2.75, 3.05) is 5.32 Å². The van der Waals surface area contributed by atoms with Crippen LogP contribution < -0.4 is 5.32 Å². The first-order chi connectivity index (χ1) is 17.9. The van der Waals surface area contributed by atoms with Gasteiger partial charge >= 0.3 is 0 Å². The molecule has 0 aliphatic carbocycles. The number of fused-ring (bicyclic) bond motifs is 4. The quantitative estimate of drug-likeness (QED) is 0.282. The Morgan fingerprint density at radius 3 is 2.03 bits per heavy atom. The lowest BCUT2D eigenvalue weighted by Crippen LogP contribution is -1.94.